The van der Waals surface area contributed by atoms with Gasteiger partial charge in [-0.2, -0.15) is 15.3 Å². The summed E-state index contributed by atoms with van der Waals surface area (Å²) in [6.07, 6.45) is 0. The third kappa shape index (κ3) is 1.76. The lowest BCUT2D eigenvalue weighted by molar-refractivity contribution is 0.753. The van der Waals surface area contributed by atoms with E-state index in [4.69, 9.17) is 12.2 Å². The molecule has 0 radical (unpaired) electrons. The Hall–Kier alpha value is -1.56. The number of aromatic amines is 1. The molecule has 0 atom stereocenters. The van der Waals surface area contributed by atoms with Gasteiger partial charge in [-0.15, -0.1) is 0 Å². The average Bonchev–Trinajstić information content (AvgIpc) is 2.63. The molecule has 16 heavy (non-hydrogen) atoms. The van der Waals surface area contributed by atoms with Gasteiger partial charge in [0.15, 0.2) is 10.6 Å². The summed E-state index contributed by atoms with van der Waals surface area (Å²) in [5, 5.41) is 15.1. The van der Waals surface area contributed by atoms with Gasteiger partial charge in [-0.25, -0.2) is 0 Å². The first-order valence-electron chi connectivity index (χ1n) is 5.10. The molecule has 2 heterocycles. The molecule has 0 fully saturated rings. The van der Waals surface area contributed by atoms with Crippen LogP contribution in [-0.2, 0) is 6.54 Å². The van der Waals surface area contributed by atoms with Crippen LogP contribution in [0.25, 0.3) is 11.4 Å². The maximum absolute atomic E-state index is 5.16. The van der Waals surface area contributed by atoms with Gasteiger partial charge in [-0.1, -0.05) is 0 Å². The molecule has 0 saturated heterocycles. The molecule has 0 aliphatic rings. The monoisotopic (exact) mass is 235 g/mol. The number of nitrogens with zero attached hydrogens (tertiary/aromatic N) is 4. The van der Waals surface area contributed by atoms with Crippen LogP contribution in [0, 0.1) is 18.6 Å². The van der Waals surface area contributed by atoms with Crippen LogP contribution in [0.3, 0.4) is 0 Å². The number of rotatable bonds is 2. The van der Waals surface area contributed by atoms with E-state index in [1.165, 1.54) is 0 Å². The maximum Gasteiger partial charge on any atom is 0.195 e. The molecule has 84 valence electrons. The smallest absolute Gasteiger partial charge is 0.195 e. The summed E-state index contributed by atoms with van der Waals surface area (Å²) < 4.78 is 2.57. The highest BCUT2D eigenvalue weighted by atomic mass is 32.1. The van der Waals surface area contributed by atoms with Crippen molar-refractivity contribution in [2.24, 2.45) is 0 Å². The van der Waals surface area contributed by atoms with E-state index >= 15 is 0 Å². The van der Waals surface area contributed by atoms with Crippen molar-refractivity contribution in [3.05, 3.63) is 22.2 Å². The molecule has 0 saturated carbocycles. The van der Waals surface area contributed by atoms with Crippen molar-refractivity contribution < 1.29 is 0 Å². The van der Waals surface area contributed by atoms with Crippen LogP contribution in [0.5, 0.6) is 0 Å². The van der Waals surface area contributed by atoms with Crippen molar-refractivity contribution in [3.63, 3.8) is 0 Å². The van der Waals surface area contributed by atoms with Crippen LogP contribution in [0.2, 0.25) is 0 Å². The van der Waals surface area contributed by atoms with Crippen molar-refractivity contribution >= 4 is 12.2 Å². The highest BCUT2D eigenvalue weighted by Crippen LogP contribution is 2.20. The number of hydrogen-bond acceptors (Lipinski definition) is 4. The molecule has 1 N–H and O–H groups in total. The molecule has 0 spiro atoms. The normalized spacial score (nSPS) is 10.7. The molecule has 0 bridgehead atoms. The van der Waals surface area contributed by atoms with E-state index in [0.717, 1.165) is 29.3 Å². The maximum atomic E-state index is 5.16. The molecule has 0 aromatic carbocycles. The summed E-state index contributed by atoms with van der Waals surface area (Å²) in [7, 11) is 0. The zero-order valence-corrected chi connectivity index (χ0v) is 10.3. The first-order chi connectivity index (χ1) is 7.63. The molecule has 0 amide bonds. The Morgan fingerprint density at radius 2 is 2.12 bits per heavy atom. The second kappa shape index (κ2) is 4.13. The van der Waals surface area contributed by atoms with Gasteiger partial charge in [-0.3, -0.25) is 5.10 Å². The summed E-state index contributed by atoms with van der Waals surface area (Å²) in [6.45, 7) is 6.64. The summed E-state index contributed by atoms with van der Waals surface area (Å²) >= 11 is 5.16. The lowest BCUT2D eigenvalue weighted by atomic mass is 10.2. The van der Waals surface area contributed by atoms with Crippen LogP contribution >= 0.6 is 12.2 Å². The highest BCUT2D eigenvalue weighted by molar-refractivity contribution is 7.71. The molecule has 5 nitrogen and oxygen atoms in total. The Bertz CT molecular complexity index is 569. The molecular formula is C10H13N5S. The first kappa shape index (κ1) is 10.9. The van der Waals surface area contributed by atoms with Crippen molar-refractivity contribution in [1.29, 1.82) is 0 Å². The third-order valence-electron chi connectivity index (χ3n) is 2.42. The first-order valence-corrected chi connectivity index (χ1v) is 5.50. The van der Waals surface area contributed by atoms with Crippen molar-refractivity contribution in [1.82, 2.24) is 25.0 Å². The quantitative estimate of drug-likeness (QED) is 0.809. The molecule has 6 heteroatoms. The van der Waals surface area contributed by atoms with Crippen LogP contribution in [0.4, 0.5) is 0 Å². The summed E-state index contributed by atoms with van der Waals surface area (Å²) in [5.74, 6) is 0.822. The number of nitrogens with one attached hydrogen (secondary N) is 1. The van der Waals surface area contributed by atoms with Gasteiger partial charge >= 0.3 is 0 Å². The Morgan fingerprint density at radius 1 is 1.38 bits per heavy atom. The SMILES string of the molecule is CCn1c(-c2cc(C)nnc2C)n[nH]c1=S. The van der Waals surface area contributed by atoms with Crippen LogP contribution < -0.4 is 0 Å². The average molecular weight is 235 g/mol. The van der Waals surface area contributed by atoms with Crippen LogP contribution in [0.15, 0.2) is 6.07 Å². The largest absolute Gasteiger partial charge is 0.300 e. The lowest BCUT2D eigenvalue weighted by Gasteiger charge is -2.05. The highest BCUT2D eigenvalue weighted by Gasteiger charge is 2.11. The van der Waals surface area contributed by atoms with E-state index in [-0.39, 0.29) is 0 Å². The topological polar surface area (TPSA) is 59.4 Å². The molecule has 0 aliphatic heterocycles. The molecular weight excluding hydrogens is 222 g/mol. The second-order valence-corrected chi connectivity index (χ2v) is 3.97. The van der Waals surface area contributed by atoms with Crippen molar-refractivity contribution in [2.75, 3.05) is 0 Å². The van der Waals surface area contributed by atoms with Gasteiger partial charge in [0.05, 0.1) is 11.4 Å². The van der Waals surface area contributed by atoms with E-state index in [1.807, 2.05) is 31.4 Å². The zero-order chi connectivity index (χ0) is 11.7. The summed E-state index contributed by atoms with van der Waals surface area (Å²) in [5.41, 5.74) is 2.70. The lowest BCUT2D eigenvalue weighted by Crippen LogP contribution is -2.01. The number of hydrogen-bond donors (Lipinski definition) is 1. The molecule has 2 rings (SSSR count). The Kier molecular flexibility index (Phi) is 2.82. The Labute approximate surface area is 98.5 Å². The Morgan fingerprint density at radius 3 is 2.81 bits per heavy atom. The van der Waals surface area contributed by atoms with Gasteiger partial charge in [0, 0.05) is 12.1 Å². The van der Waals surface area contributed by atoms with Gasteiger partial charge in [0.25, 0.3) is 0 Å². The fourth-order valence-corrected chi connectivity index (χ4v) is 1.85. The number of aryl methyl sites for hydroxylation is 2. The van der Waals surface area contributed by atoms with Crippen LogP contribution in [-0.4, -0.2) is 25.0 Å². The summed E-state index contributed by atoms with van der Waals surface area (Å²) in [6, 6.07) is 1.97. The van der Waals surface area contributed by atoms with Gasteiger partial charge in [0.1, 0.15) is 0 Å². The van der Waals surface area contributed by atoms with E-state index < -0.39 is 0 Å². The van der Waals surface area contributed by atoms with Gasteiger partial charge in [-0.05, 0) is 39.1 Å². The predicted octanol–water partition coefficient (Wildman–Crippen LogP) is 2.03. The minimum atomic E-state index is 0.631. The molecule has 0 unspecified atom stereocenters. The standard InChI is InChI=1S/C10H13N5S/c1-4-15-9(13-14-10(15)16)8-5-6(2)11-12-7(8)3/h5H,4H2,1-3H3,(H,14,16). The minimum Gasteiger partial charge on any atom is -0.300 e. The van der Waals surface area contributed by atoms with Crippen molar-refractivity contribution in [3.8, 4) is 11.4 Å². The summed E-state index contributed by atoms with van der Waals surface area (Å²) in [4.78, 5) is 0. The molecule has 2 aromatic heterocycles. The van der Waals surface area contributed by atoms with Crippen LogP contribution in [0.1, 0.15) is 18.3 Å². The minimum absolute atomic E-state index is 0.631. The third-order valence-corrected chi connectivity index (χ3v) is 2.73. The van der Waals surface area contributed by atoms with E-state index in [2.05, 4.69) is 20.4 Å². The number of aromatic nitrogens is 5. The predicted molar refractivity (Wildman–Crippen MR) is 63.6 cm³/mol. The second-order valence-electron chi connectivity index (χ2n) is 3.58. The van der Waals surface area contributed by atoms with E-state index in [0.29, 0.717) is 4.77 Å². The van der Waals surface area contributed by atoms with Gasteiger partial charge < -0.3 is 4.57 Å². The van der Waals surface area contributed by atoms with Crippen molar-refractivity contribution in [2.45, 2.75) is 27.3 Å². The fourth-order valence-electron chi connectivity index (χ4n) is 1.59. The van der Waals surface area contributed by atoms with Gasteiger partial charge in [0.2, 0.25) is 0 Å². The van der Waals surface area contributed by atoms with E-state index in [9.17, 15) is 0 Å². The van der Waals surface area contributed by atoms with E-state index in [1.54, 1.807) is 0 Å². The fraction of sp³-hybridized carbons (Fsp3) is 0.400. The zero-order valence-electron chi connectivity index (χ0n) is 9.48. The molecule has 0 aliphatic carbocycles. The number of H-pyrrole nitrogens is 1. The Balaban J connectivity index is 2.67. The molecule has 2 aromatic rings.